The Labute approximate surface area is 334 Å². The summed E-state index contributed by atoms with van der Waals surface area (Å²) in [7, 11) is 0. The summed E-state index contributed by atoms with van der Waals surface area (Å²) in [6.45, 7) is 0. The zero-order valence-electron chi connectivity index (χ0n) is 53.6. The van der Waals surface area contributed by atoms with E-state index in [0.29, 0.717) is 0 Å². The monoisotopic (exact) mass is 674 g/mol. The van der Waals surface area contributed by atoms with Crippen LogP contribution >= 0.6 is 0 Å². The Kier molecular flexibility index (Phi) is 2.62. The lowest BCUT2D eigenvalue weighted by molar-refractivity contribution is 0.669. The zero-order chi connectivity index (χ0) is 57.8. The van der Waals surface area contributed by atoms with Gasteiger partial charge in [-0.05, 0) is 111 Å². The molecule has 1 nitrogen and oxygen atoms in total. The summed E-state index contributed by atoms with van der Waals surface area (Å²) in [5.74, 6) is 0. The van der Waals surface area contributed by atoms with Crippen LogP contribution in [0.2, 0.25) is 0 Å². The lowest BCUT2D eigenvalue weighted by Crippen LogP contribution is -1.92. The van der Waals surface area contributed by atoms with Crippen LogP contribution in [-0.2, 0) is 0 Å². The first-order valence-electron chi connectivity index (χ1n) is 29.3. The Morgan fingerprint density at radius 1 is 0.333 bits per heavy atom. The maximum atomic E-state index is 10.2. The van der Waals surface area contributed by atoms with Gasteiger partial charge >= 0.3 is 0 Å². The Morgan fingerprint density at radius 2 is 0.882 bits per heavy atom. The maximum absolute atomic E-state index is 10.2. The van der Waals surface area contributed by atoms with Crippen LogP contribution in [0, 0.1) is 0 Å². The molecule has 1 heterocycles. The molecule has 1 heteroatoms. The van der Waals surface area contributed by atoms with E-state index in [-0.39, 0.29) is 0 Å². The van der Waals surface area contributed by atoms with E-state index in [1.165, 1.54) is 0 Å². The highest BCUT2D eigenvalue weighted by atomic mass is 16.3. The molecule has 11 aromatic rings. The lowest BCUT2D eigenvalue weighted by atomic mass is 9.83. The second-order valence-electron chi connectivity index (χ2n) is 11.4. The summed E-state index contributed by atoms with van der Waals surface area (Å²) < 4.78 is 260. The van der Waals surface area contributed by atoms with Crippen LogP contribution in [0.25, 0.3) is 109 Å². The normalized spacial score (nSPS) is 19.6. The molecule has 0 aliphatic rings. The molecule has 51 heavy (non-hydrogen) atoms. The number of hydrogen-bond donors (Lipinski definition) is 0. The first-order valence-corrected chi connectivity index (χ1v) is 15.3. The summed E-state index contributed by atoms with van der Waals surface area (Å²) in [5.41, 5.74) is -4.86. The van der Waals surface area contributed by atoms with E-state index >= 15 is 0 Å². The molecule has 0 aliphatic heterocycles. The number of hydrogen-bond acceptors (Lipinski definition) is 1. The van der Waals surface area contributed by atoms with Gasteiger partial charge < -0.3 is 4.42 Å². The average Bonchev–Trinajstić information content (AvgIpc) is 3.04. The Balaban J connectivity index is 1.42. The summed E-state index contributed by atoms with van der Waals surface area (Å²) >= 11 is 0. The molecule has 0 spiro atoms. The van der Waals surface area contributed by atoms with E-state index in [1.54, 1.807) is 0 Å². The van der Waals surface area contributed by atoms with Gasteiger partial charge in [0.15, 0.2) is 0 Å². The van der Waals surface area contributed by atoms with Gasteiger partial charge in [0.2, 0.25) is 0 Å². The van der Waals surface area contributed by atoms with Crippen molar-refractivity contribution in [1.82, 2.24) is 0 Å². The minimum Gasteiger partial charge on any atom is -0.456 e. The van der Waals surface area contributed by atoms with Crippen molar-refractivity contribution >= 4 is 75.8 Å². The third-order valence-electron chi connectivity index (χ3n) is 8.73. The van der Waals surface area contributed by atoms with Crippen LogP contribution in [-0.4, -0.2) is 0 Å². The van der Waals surface area contributed by atoms with E-state index in [9.17, 15) is 15.1 Å². The molecule has 236 valence electrons. The molecule has 0 atom stereocenters. The Morgan fingerprint density at radius 3 is 1.65 bits per heavy atom. The minimum absolute atomic E-state index is 0.413. The van der Waals surface area contributed by atoms with E-state index in [2.05, 4.69) is 0 Å². The van der Waals surface area contributed by atoms with Crippen molar-refractivity contribution in [3.05, 3.63) is 181 Å². The van der Waals surface area contributed by atoms with Crippen LogP contribution in [0.1, 0.15) is 38.4 Å². The summed E-state index contributed by atoms with van der Waals surface area (Å²) in [6, 6.07) is -21.6. The van der Waals surface area contributed by atoms with Gasteiger partial charge in [-0.1, -0.05) is 157 Å². The van der Waals surface area contributed by atoms with E-state index in [4.69, 9.17) is 27.7 Å². The molecule has 0 fully saturated rings. The molecular weight excluding hydrogens is 617 g/mol. The smallest absolute Gasteiger partial charge is 0.136 e. The molecule has 0 bridgehead atoms. The molecule has 10 aromatic carbocycles. The number of furan rings is 1. The van der Waals surface area contributed by atoms with Crippen molar-refractivity contribution in [2.24, 2.45) is 0 Å². The van der Waals surface area contributed by atoms with Crippen LogP contribution in [0.15, 0.2) is 186 Å². The van der Waals surface area contributed by atoms with Crippen molar-refractivity contribution in [2.75, 3.05) is 0 Å². The zero-order valence-corrected chi connectivity index (χ0v) is 25.6. The Bertz CT molecular complexity index is 4730. The molecule has 1 aromatic heterocycles. The average molecular weight is 675 g/mol. The quantitative estimate of drug-likeness (QED) is 0.170. The molecule has 0 unspecified atom stereocenters. The first kappa shape index (κ1) is 12.3. The van der Waals surface area contributed by atoms with E-state index < -0.39 is 278 Å². The number of rotatable bonds is 3. The van der Waals surface area contributed by atoms with Gasteiger partial charge in [-0.15, -0.1) is 0 Å². The van der Waals surface area contributed by atoms with Crippen molar-refractivity contribution in [3.8, 4) is 33.4 Å². The predicted octanol–water partition coefficient (Wildman–Crippen LogP) is 14.4. The third-order valence-corrected chi connectivity index (χ3v) is 8.73. The van der Waals surface area contributed by atoms with Crippen LogP contribution in [0.4, 0.5) is 0 Å². The molecule has 0 saturated heterocycles. The molecule has 0 aliphatic carbocycles. The second kappa shape index (κ2) is 10.9. The maximum Gasteiger partial charge on any atom is 0.136 e. The summed E-state index contributed by atoms with van der Waals surface area (Å²) in [6.07, 6.45) is 0. The van der Waals surface area contributed by atoms with E-state index in [1.807, 2.05) is 0 Å². The fourth-order valence-electron chi connectivity index (χ4n) is 6.59. The van der Waals surface area contributed by atoms with Gasteiger partial charge in [0.1, 0.15) is 11.2 Å². The fourth-order valence-corrected chi connectivity index (χ4v) is 6.59. The van der Waals surface area contributed by atoms with Gasteiger partial charge in [0, 0.05) is 10.8 Å². The summed E-state index contributed by atoms with van der Waals surface area (Å²) in [4.78, 5) is 0. The van der Waals surface area contributed by atoms with Crippen molar-refractivity contribution < 1.29 is 42.8 Å². The highest BCUT2D eigenvalue weighted by Gasteiger charge is 2.20. The van der Waals surface area contributed by atoms with Crippen LogP contribution in [0.5, 0.6) is 0 Å². The van der Waals surface area contributed by atoms with Crippen LogP contribution in [0.3, 0.4) is 0 Å². The lowest BCUT2D eigenvalue weighted by Gasteiger charge is -2.20. The Hall–Kier alpha value is -6.70. The van der Waals surface area contributed by atoms with Gasteiger partial charge in [-0.25, -0.2) is 0 Å². The van der Waals surface area contributed by atoms with E-state index in [0.717, 1.165) is 12.1 Å². The molecule has 0 radical (unpaired) electrons. The third kappa shape index (κ3) is 4.22. The molecular formula is C50H30O. The molecule has 11 rings (SSSR count). The highest BCUT2D eigenvalue weighted by Crippen LogP contribution is 2.47. The predicted molar refractivity (Wildman–Crippen MR) is 218 cm³/mol. The summed E-state index contributed by atoms with van der Waals surface area (Å²) in [5, 5.41) is -6.30. The second-order valence-corrected chi connectivity index (χ2v) is 11.4. The SMILES string of the molecule is [2H]c1cc2c(-c3c([2H])c([2H])c([2H])c4c([2H])c([2H])c(-c5c([2H])c([2H])c([2H])c6oc7c([2H])c8c([2H])c([2H])c([2H])c([2H])c8c([2H])c7c56)c([2H])c34)c3cc([2H])c([2H])c([2H])c3c(-c3c([2H])c([2H])c([2H])c4c([2H])c([2H])c([2H])c([2H])c34)c2c([2H])c1[2H]. The molecule has 0 amide bonds. The van der Waals surface area contributed by atoms with Gasteiger partial charge in [0.25, 0.3) is 0 Å². The fraction of sp³-hybridized carbons (Fsp3) is 0. The van der Waals surface area contributed by atoms with Crippen LogP contribution < -0.4 is 0 Å². The number of fused-ring (bicyclic) bond motifs is 8. The van der Waals surface area contributed by atoms with Crippen molar-refractivity contribution in [1.29, 1.82) is 0 Å². The largest absolute Gasteiger partial charge is 0.456 e. The van der Waals surface area contributed by atoms with Gasteiger partial charge in [-0.3, -0.25) is 0 Å². The standard InChI is InChI=1S/C50H30O/c1-2-14-34-30-47-45(28-33(34)13-1)50-37(22-11-25-46(50)51-47)35-27-26-32-16-10-24-43(44(32)29-35)49-41-20-7-5-18-39(41)48(40-19-6-8-21-42(40)49)38-23-9-15-31-12-3-4-17-36(31)38/h1-30H/i1D,2D,3D,4D,5D,6D,7D,8D,9D,10D,11D,12D,13D,14D,15D,16D,17D,18D,19D,22D,23D,24D,25D,26D,27D,28D,29D,30D. The van der Waals surface area contributed by atoms with Crippen molar-refractivity contribution in [2.45, 2.75) is 0 Å². The van der Waals surface area contributed by atoms with Gasteiger partial charge in [-0.2, -0.15) is 0 Å². The topological polar surface area (TPSA) is 13.1 Å². The molecule has 0 saturated carbocycles. The first-order chi connectivity index (χ1) is 36.9. The minimum atomic E-state index is -0.967. The highest BCUT2D eigenvalue weighted by molar-refractivity contribution is 6.25. The van der Waals surface area contributed by atoms with Gasteiger partial charge in [0.05, 0.1) is 38.4 Å². The van der Waals surface area contributed by atoms with Crippen molar-refractivity contribution in [3.63, 3.8) is 0 Å². The number of benzene rings is 10. The molecule has 0 N–H and O–H groups in total.